The predicted molar refractivity (Wildman–Crippen MR) is 66.0 cm³/mol. The van der Waals surface area contributed by atoms with Gasteiger partial charge in [0.05, 0.1) is 11.3 Å². The number of benzene rings is 1. The van der Waals surface area contributed by atoms with Gasteiger partial charge in [0.25, 0.3) is 0 Å². The van der Waals surface area contributed by atoms with E-state index in [1.165, 1.54) is 13.8 Å². The van der Waals surface area contributed by atoms with Crippen molar-refractivity contribution >= 4 is 17.6 Å². The molecular weight excluding hydrogens is 232 g/mol. The van der Waals surface area contributed by atoms with Crippen molar-refractivity contribution in [3.05, 3.63) is 29.3 Å². The summed E-state index contributed by atoms with van der Waals surface area (Å²) in [6.07, 6.45) is -0.830. The Labute approximate surface area is 105 Å². The van der Waals surface area contributed by atoms with Gasteiger partial charge in [-0.1, -0.05) is 12.1 Å². The molecule has 18 heavy (non-hydrogen) atoms. The molecule has 0 bridgehead atoms. The topological polar surface area (TPSA) is 79.2 Å². The van der Waals surface area contributed by atoms with E-state index in [-0.39, 0.29) is 11.5 Å². The summed E-state index contributed by atoms with van der Waals surface area (Å²) in [5.41, 5.74) is 1.41. The second-order valence-electron chi connectivity index (χ2n) is 3.86. The minimum atomic E-state index is -0.830. The normalized spacial score (nSPS) is 11.2. The molecule has 0 aromatic heterocycles. The van der Waals surface area contributed by atoms with Crippen LogP contribution in [0, 0.1) is 18.3 Å². The van der Waals surface area contributed by atoms with Crippen LogP contribution in [-0.2, 0) is 9.53 Å². The molecule has 1 amide bonds. The highest BCUT2D eigenvalue weighted by Gasteiger charge is 2.17. The number of carbonyl (C=O) groups is 2. The van der Waals surface area contributed by atoms with Crippen LogP contribution in [0.5, 0.6) is 0 Å². The van der Waals surface area contributed by atoms with E-state index in [1.54, 1.807) is 25.1 Å². The van der Waals surface area contributed by atoms with Gasteiger partial charge in [0.15, 0.2) is 6.10 Å². The summed E-state index contributed by atoms with van der Waals surface area (Å²) in [6.45, 7) is 4.61. The van der Waals surface area contributed by atoms with E-state index in [1.807, 2.05) is 6.07 Å². The Hall–Kier alpha value is -2.35. The zero-order valence-electron chi connectivity index (χ0n) is 10.5. The first-order valence-corrected chi connectivity index (χ1v) is 5.43. The number of hydrogen-bond donors (Lipinski definition) is 1. The van der Waals surface area contributed by atoms with Crippen LogP contribution < -0.4 is 5.32 Å². The fraction of sp³-hybridized carbons (Fsp3) is 0.308. The van der Waals surface area contributed by atoms with Gasteiger partial charge in [0.2, 0.25) is 5.91 Å². The molecule has 0 heterocycles. The van der Waals surface area contributed by atoms with Crippen molar-refractivity contribution in [2.75, 3.05) is 5.32 Å². The number of nitrogens with zero attached hydrogens (tertiary/aromatic N) is 1. The SMILES string of the molecule is CC(=O)Nc1c(C)cccc1C(=O)O[C@H](C)C#N. The van der Waals surface area contributed by atoms with Gasteiger partial charge in [0, 0.05) is 6.92 Å². The predicted octanol–water partition coefficient (Wildman–Crippen LogP) is 2.02. The third-order valence-electron chi connectivity index (χ3n) is 2.26. The molecule has 1 rings (SSSR count). The van der Waals surface area contributed by atoms with Crippen LogP contribution in [0.4, 0.5) is 5.69 Å². The second-order valence-corrected chi connectivity index (χ2v) is 3.86. The zero-order valence-corrected chi connectivity index (χ0v) is 10.5. The number of nitriles is 1. The highest BCUT2D eigenvalue weighted by Crippen LogP contribution is 2.21. The minimum absolute atomic E-state index is 0.243. The van der Waals surface area contributed by atoms with E-state index < -0.39 is 12.1 Å². The van der Waals surface area contributed by atoms with Gasteiger partial charge in [-0.15, -0.1) is 0 Å². The Balaban J connectivity index is 3.08. The van der Waals surface area contributed by atoms with Crippen molar-refractivity contribution in [2.45, 2.75) is 26.9 Å². The lowest BCUT2D eigenvalue weighted by Gasteiger charge is -2.13. The number of ether oxygens (including phenoxy) is 1. The molecule has 5 heteroatoms. The Morgan fingerprint density at radius 3 is 2.67 bits per heavy atom. The summed E-state index contributed by atoms with van der Waals surface area (Å²) in [5.74, 6) is -0.900. The lowest BCUT2D eigenvalue weighted by molar-refractivity contribution is -0.114. The highest BCUT2D eigenvalue weighted by molar-refractivity contribution is 6.01. The maximum Gasteiger partial charge on any atom is 0.341 e. The fourth-order valence-corrected chi connectivity index (χ4v) is 1.43. The molecule has 0 radical (unpaired) electrons. The summed E-state index contributed by atoms with van der Waals surface area (Å²) in [6, 6.07) is 6.82. The van der Waals surface area contributed by atoms with Gasteiger partial charge in [-0.25, -0.2) is 4.79 Å². The maximum atomic E-state index is 11.8. The largest absolute Gasteiger partial charge is 0.444 e. The van der Waals surface area contributed by atoms with Crippen LogP contribution in [0.3, 0.4) is 0 Å². The van der Waals surface area contributed by atoms with Gasteiger partial charge in [-0.05, 0) is 25.5 Å². The van der Waals surface area contributed by atoms with E-state index in [4.69, 9.17) is 10.00 Å². The summed E-state index contributed by atoms with van der Waals surface area (Å²) in [7, 11) is 0. The zero-order chi connectivity index (χ0) is 13.7. The fourth-order valence-electron chi connectivity index (χ4n) is 1.43. The van der Waals surface area contributed by atoms with E-state index >= 15 is 0 Å². The van der Waals surface area contributed by atoms with Crippen LogP contribution >= 0.6 is 0 Å². The number of anilines is 1. The maximum absolute atomic E-state index is 11.8. The standard InChI is InChI=1S/C13H14N2O3/c1-8-5-4-6-11(12(8)15-10(3)16)13(17)18-9(2)7-14/h4-6,9H,1-3H3,(H,15,16)/t9-/m1/s1. The van der Waals surface area contributed by atoms with Gasteiger partial charge >= 0.3 is 5.97 Å². The molecule has 0 saturated heterocycles. The average molecular weight is 246 g/mol. The monoisotopic (exact) mass is 246 g/mol. The number of para-hydroxylation sites is 1. The molecule has 0 aliphatic rings. The molecule has 0 saturated carbocycles. The van der Waals surface area contributed by atoms with Gasteiger partial charge in [0.1, 0.15) is 6.07 Å². The lowest BCUT2D eigenvalue weighted by Crippen LogP contribution is -2.17. The number of aryl methyl sites for hydroxylation is 1. The second kappa shape index (κ2) is 5.82. The molecule has 5 nitrogen and oxygen atoms in total. The summed E-state index contributed by atoms with van der Waals surface area (Å²) in [5, 5.41) is 11.2. The van der Waals surface area contributed by atoms with E-state index in [0.717, 1.165) is 5.56 Å². The van der Waals surface area contributed by atoms with Crippen molar-refractivity contribution < 1.29 is 14.3 Å². The Morgan fingerprint density at radius 1 is 1.44 bits per heavy atom. The van der Waals surface area contributed by atoms with Crippen LogP contribution in [0.15, 0.2) is 18.2 Å². The first-order chi connectivity index (χ1) is 8.45. The van der Waals surface area contributed by atoms with Crippen molar-refractivity contribution in [1.29, 1.82) is 5.26 Å². The molecule has 1 N–H and O–H groups in total. The third kappa shape index (κ3) is 3.32. The molecule has 94 valence electrons. The highest BCUT2D eigenvalue weighted by atomic mass is 16.5. The summed E-state index contributed by atoms with van der Waals surface area (Å²) >= 11 is 0. The molecule has 0 fully saturated rings. The molecule has 0 aliphatic carbocycles. The van der Waals surface area contributed by atoms with Crippen LogP contribution in [0.2, 0.25) is 0 Å². The van der Waals surface area contributed by atoms with Crippen LogP contribution in [0.1, 0.15) is 29.8 Å². The molecular formula is C13H14N2O3. The Kier molecular flexibility index (Phi) is 4.44. The van der Waals surface area contributed by atoms with Gasteiger partial charge in [-0.2, -0.15) is 5.26 Å². The lowest BCUT2D eigenvalue weighted by atomic mass is 10.1. The van der Waals surface area contributed by atoms with Crippen molar-refractivity contribution in [3.63, 3.8) is 0 Å². The quantitative estimate of drug-likeness (QED) is 0.827. The smallest absolute Gasteiger partial charge is 0.341 e. The summed E-state index contributed by atoms with van der Waals surface area (Å²) in [4.78, 5) is 22.9. The summed E-state index contributed by atoms with van der Waals surface area (Å²) < 4.78 is 4.91. The van der Waals surface area contributed by atoms with Crippen molar-refractivity contribution in [3.8, 4) is 6.07 Å². The number of esters is 1. The molecule has 0 spiro atoms. The van der Waals surface area contributed by atoms with Crippen LogP contribution in [-0.4, -0.2) is 18.0 Å². The van der Waals surface area contributed by atoms with Crippen molar-refractivity contribution in [1.82, 2.24) is 0 Å². The van der Waals surface area contributed by atoms with E-state index in [0.29, 0.717) is 5.69 Å². The number of hydrogen-bond acceptors (Lipinski definition) is 4. The first kappa shape index (κ1) is 13.7. The molecule has 1 aromatic carbocycles. The van der Waals surface area contributed by atoms with E-state index in [9.17, 15) is 9.59 Å². The Bertz CT molecular complexity index is 517. The molecule has 1 atom stereocenters. The van der Waals surface area contributed by atoms with E-state index in [2.05, 4.69) is 5.32 Å². The van der Waals surface area contributed by atoms with Gasteiger partial charge < -0.3 is 10.1 Å². The average Bonchev–Trinajstić information content (AvgIpc) is 2.30. The Morgan fingerprint density at radius 2 is 2.11 bits per heavy atom. The molecule has 0 aliphatic heterocycles. The first-order valence-electron chi connectivity index (χ1n) is 5.43. The number of nitrogens with one attached hydrogen (secondary N) is 1. The third-order valence-corrected chi connectivity index (χ3v) is 2.26. The minimum Gasteiger partial charge on any atom is -0.444 e. The number of rotatable bonds is 3. The number of carbonyl (C=O) groups excluding carboxylic acids is 2. The molecule has 1 aromatic rings. The molecule has 0 unspecified atom stereocenters. The number of amides is 1. The van der Waals surface area contributed by atoms with Crippen LogP contribution in [0.25, 0.3) is 0 Å². The van der Waals surface area contributed by atoms with Gasteiger partial charge in [-0.3, -0.25) is 4.79 Å². The van der Waals surface area contributed by atoms with Crippen molar-refractivity contribution in [2.24, 2.45) is 0 Å².